The predicted molar refractivity (Wildman–Crippen MR) is 113 cm³/mol. The van der Waals surface area contributed by atoms with Crippen LogP contribution in [0.4, 0.5) is 5.69 Å². The summed E-state index contributed by atoms with van der Waals surface area (Å²) in [6.45, 7) is 8.45. The fourth-order valence-electron chi connectivity index (χ4n) is 3.60. The lowest BCUT2D eigenvalue weighted by molar-refractivity contribution is -0.132. The summed E-state index contributed by atoms with van der Waals surface area (Å²) < 4.78 is 0. The highest BCUT2D eigenvalue weighted by Gasteiger charge is 2.35. The van der Waals surface area contributed by atoms with E-state index in [0.717, 1.165) is 22.4 Å². The van der Waals surface area contributed by atoms with E-state index in [1.54, 1.807) is 20.2 Å². The van der Waals surface area contributed by atoms with E-state index in [4.69, 9.17) is 12.2 Å². The smallest absolute Gasteiger partial charge is 0.265 e. The van der Waals surface area contributed by atoms with Crippen LogP contribution >= 0.6 is 12.2 Å². The minimum atomic E-state index is -0.370. The molecule has 0 radical (unpaired) electrons. The lowest BCUT2D eigenvalue weighted by Gasteiger charge is -2.41. The van der Waals surface area contributed by atoms with Gasteiger partial charge in [-0.25, -0.2) is 0 Å². The Kier molecular flexibility index (Phi) is 4.50. The Morgan fingerprint density at radius 1 is 1.00 bits per heavy atom. The Bertz CT molecular complexity index is 917. The number of rotatable bonds is 1. The second-order valence-corrected chi connectivity index (χ2v) is 8.20. The zero-order valence-electron chi connectivity index (χ0n) is 16.9. The summed E-state index contributed by atoms with van der Waals surface area (Å²) >= 11 is 5.15. The van der Waals surface area contributed by atoms with Gasteiger partial charge in [-0.2, -0.15) is 0 Å². The molecule has 1 aromatic carbocycles. The molecule has 1 fully saturated rings. The summed E-state index contributed by atoms with van der Waals surface area (Å²) in [5, 5.41) is 0.215. The number of benzene rings is 1. The van der Waals surface area contributed by atoms with E-state index in [2.05, 4.69) is 50.9 Å². The van der Waals surface area contributed by atoms with Crippen molar-refractivity contribution in [3.8, 4) is 0 Å². The molecule has 2 aliphatic rings. The van der Waals surface area contributed by atoms with E-state index in [1.165, 1.54) is 15.4 Å². The lowest BCUT2D eigenvalue weighted by atomic mass is 9.87. The number of thiocarbonyl (C=S) groups is 1. The third-order valence-electron chi connectivity index (χ3n) is 5.55. The number of nitrogens with zero attached hydrogens (tertiary/aromatic N) is 3. The molecule has 0 aliphatic carbocycles. The topological polar surface area (TPSA) is 43.9 Å². The van der Waals surface area contributed by atoms with Crippen molar-refractivity contribution in [2.75, 3.05) is 26.0 Å². The van der Waals surface area contributed by atoms with Gasteiger partial charge < -0.3 is 4.90 Å². The highest BCUT2D eigenvalue weighted by Crippen LogP contribution is 2.39. The predicted octanol–water partition coefficient (Wildman–Crippen LogP) is 3.23. The molecular weight excluding hydrogens is 358 g/mol. The van der Waals surface area contributed by atoms with Crippen LogP contribution in [0.1, 0.15) is 37.5 Å². The maximum Gasteiger partial charge on any atom is 0.265 e. The Hall–Kier alpha value is -2.47. The van der Waals surface area contributed by atoms with Gasteiger partial charge in [0.15, 0.2) is 5.11 Å². The average Bonchev–Trinajstić information content (AvgIpc) is 2.60. The number of carbonyl (C=O) groups excluding carboxylic acids is 2. The Morgan fingerprint density at radius 2 is 1.56 bits per heavy atom. The van der Waals surface area contributed by atoms with Crippen molar-refractivity contribution in [2.24, 2.45) is 0 Å². The van der Waals surface area contributed by atoms with E-state index in [1.807, 2.05) is 6.92 Å². The van der Waals surface area contributed by atoms with Crippen LogP contribution in [0.3, 0.4) is 0 Å². The van der Waals surface area contributed by atoms with Crippen LogP contribution in [0, 0.1) is 6.92 Å². The van der Waals surface area contributed by atoms with Crippen LogP contribution in [0.5, 0.6) is 0 Å². The summed E-state index contributed by atoms with van der Waals surface area (Å²) in [4.78, 5) is 30.1. The van der Waals surface area contributed by atoms with Crippen LogP contribution in [0.25, 0.3) is 11.6 Å². The number of allylic oxidation sites excluding steroid dienone is 1. The van der Waals surface area contributed by atoms with Crippen molar-refractivity contribution in [1.29, 1.82) is 0 Å². The van der Waals surface area contributed by atoms with Crippen molar-refractivity contribution in [1.82, 2.24) is 9.80 Å². The van der Waals surface area contributed by atoms with Crippen molar-refractivity contribution >= 4 is 46.5 Å². The third-order valence-corrected chi connectivity index (χ3v) is 6.10. The molecule has 6 heteroatoms. The molecule has 1 aromatic rings. The molecule has 0 atom stereocenters. The SMILES string of the molecule is CC1=CC(C)(C)N(C)c2cc(C)c(C=C3C(=O)N(C)C(=S)N(C)C3=O)cc21. The normalized spacial score (nSPS) is 19.4. The maximum absolute atomic E-state index is 12.6. The third kappa shape index (κ3) is 2.98. The molecular formula is C21H25N3O2S. The first-order valence-corrected chi connectivity index (χ1v) is 9.26. The van der Waals surface area contributed by atoms with Crippen molar-refractivity contribution < 1.29 is 9.59 Å². The second-order valence-electron chi connectivity index (χ2n) is 7.83. The first-order chi connectivity index (χ1) is 12.5. The highest BCUT2D eigenvalue weighted by atomic mass is 32.1. The number of hydrogen-bond acceptors (Lipinski definition) is 4. The summed E-state index contributed by atoms with van der Waals surface area (Å²) in [6.07, 6.45) is 3.92. The van der Waals surface area contributed by atoms with Crippen molar-refractivity contribution in [2.45, 2.75) is 33.2 Å². The number of likely N-dealkylation sites (N-methyl/N-ethyl adjacent to an activating group) is 3. The number of anilines is 1. The Labute approximate surface area is 165 Å². The molecule has 0 bridgehead atoms. The summed E-state index contributed by atoms with van der Waals surface area (Å²) in [5.74, 6) is -0.739. The quantitative estimate of drug-likeness (QED) is 0.424. The fraction of sp³-hybridized carbons (Fsp3) is 0.381. The van der Waals surface area contributed by atoms with Gasteiger partial charge in [-0.05, 0) is 74.8 Å². The van der Waals surface area contributed by atoms with Gasteiger partial charge in [0.05, 0.1) is 5.54 Å². The summed E-state index contributed by atoms with van der Waals surface area (Å²) in [7, 11) is 5.26. The minimum absolute atomic E-state index is 0.0695. The van der Waals surface area contributed by atoms with Gasteiger partial charge in [-0.1, -0.05) is 6.08 Å². The number of carbonyl (C=O) groups is 2. The molecule has 5 nitrogen and oxygen atoms in total. The van der Waals surface area contributed by atoms with E-state index >= 15 is 0 Å². The van der Waals surface area contributed by atoms with E-state index < -0.39 is 0 Å². The van der Waals surface area contributed by atoms with Crippen molar-refractivity contribution in [3.63, 3.8) is 0 Å². The van der Waals surface area contributed by atoms with Gasteiger partial charge in [0.2, 0.25) is 0 Å². The van der Waals surface area contributed by atoms with E-state index in [9.17, 15) is 9.59 Å². The highest BCUT2D eigenvalue weighted by molar-refractivity contribution is 7.80. The van der Waals surface area contributed by atoms with Gasteiger partial charge in [0.1, 0.15) is 5.57 Å². The molecule has 2 amide bonds. The second kappa shape index (κ2) is 6.30. The molecule has 2 aliphatic heterocycles. The largest absolute Gasteiger partial charge is 0.365 e. The van der Waals surface area contributed by atoms with Gasteiger partial charge in [-0.15, -0.1) is 0 Å². The van der Waals surface area contributed by atoms with Gasteiger partial charge in [-0.3, -0.25) is 19.4 Å². The number of fused-ring (bicyclic) bond motifs is 1. The molecule has 1 saturated heterocycles. The summed E-state index contributed by atoms with van der Waals surface area (Å²) in [6, 6.07) is 4.18. The van der Waals surface area contributed by atoms with Crippen LogP contribution in [0.2, 0.25) is 0 Å². The molecule has 0 aromatic heterocycles. The zero-order valence-corrected chi connectivity index (χ0v) is 17.7. The molecule has 0 unspecified atom stereocenters. The monoisotopic (exact) mass is 383 g/mol. The number of aryl methyl sites for hydroxylation is 1. The summed E-state index contributed by atoms with van der Waals surface area (Å²) in [5.41, 5.74) is 5.38. The molecule has 2 heterocycles. The maximum atomic E-state index is 12.6. The standard InChI is InChI=1S/C21H25N3O2S/c1-12-8-17-15(13(2)11-21(3,4)24(17)7)9-14(12)10-16-18(25)22(5)20(27)23(6)19(16)26/h8-11H,1-7H3. The van der Waals surface area contributed by atoms with Crippen LogP contribution in [-0.2, 0) is 9.59 Å². The Balaban J connectivity index is 2.13. The average molecular weight is 384 g/mol. The minimum Gasteiger partial charge on any atom is -0.365 e. The van der Waals surface area contributed by atoms with E-state index in [-0.39, 0.29) is 28.0 Å². The number of amides is 2. The van der Waals surface area contributed by atoms with Crippen LogP contribution < -0.4 is 4.90 Å². The van der Waals surface area contributed by atoms with Crippen LogP contribution in [-0.4, -0.2) is 53.4 Å². The fourth-order valence-corrected chi connectivity index (χ4v) is 3.77. The number of hydrogen-bond donors (Lipinski definition) is 0. The van der Waals surface area contributed by atoms with Crippen LogP contribution in [0.15, 0.2) is 23.8 Å². The molecule has 142 valence electrons. The lowest BCUT2D eigenvalue weighted by Crippen LogP contribution is -2.52. The molecule has 0 spiro atoms. The van der Waals surface area contributed by atoms with Gasteiger partial charge >= 0.3 is 0 Å². The first-order valence-electron chi connectivity index (χ1n) is 8.86. The van der Waals surface area contributed by atoms with E-state index in [0.29, 0.717) is 0 Å². The van der Waals surface area contributed by atoms with Crippen molar-refractivity contribution in [3.05, 3.63) is 40.5 Å². The molecule has 3 rings (SSSR count). The van der Waals surface area contributed by atoms with Gasteiger partial charge in [0, 0.05) is 32.4 Å². The van der Waals surface area contributed by atoms with Gasteiger partial charge in [0.25, 0.3) is 11.8 Å². The molecule has 0 saturated carbocycles. The Morgan fingerprint density at radius 3 is 2.11 bits per heavy atom. The zero-order chi connectivity index (χ0) is 20.3. The first kappa shape index (κ1) is 19.3. The molecule has 0 N–H and O–H groups in total. The molecule has 27 heavy (non-hydrogen) atoms.